The van der Waals surface area contributed by atoms with Gasteiger partial charge in [0.2, 0.25) is 0 Å². The van der Waals surface area contributed by atoms with Gasteiger partial charge in [-0.2, -0.15) is 0 Å². The van der Waals surface area contributed by atoms with E-state index < -0.39 is 23.9 Å². The van der Waals surface area contributed by atoms with Crippen LogP contribution in [-0.2, 0) is 23.9 Å². The van der Waals surface area contributed by atoms with Gasteiger partial charge < -0.3 is 15.2 Å². The number of hydrogen-bond acceptors (Lipinski definition) is 6. The van der Waals surface area contributed by atoms with E-state index in [-0.39, 0.29) is 48.8 Å². The SMILES string of the molecule is CCCCCCCCCCCCCCCCCC(=O)OC(=O)CCC(N)C(=O)OC.[NaH]. The summed E-state index contributed by atoms with van der Waals surface area (Å²) in [6, 6.07) is -0.867. The number of methoxy groups -OCH3 is 1. The number of carbonyl (C=O) groups excluding carboxylic acids is 3. The van der Waals surface area contributed by atoms with Crippen LogP contribution in [0.15, 0.2) is 0 Å². The van der Waals surface area contributed by atoms with Crippen molar-refractivity contribution in [1.29, 1.82) is 0 Å². The van der Waals surface area contributed by atoms with E-state index in [0.29, 0.717) is 0 Å². The summed E-state index contributed by atoms with van der Waals surface area (Å²) in [5.74, 6) is -1.71. The van der Waals surface area contributed by atoms with Crippen molar-refractivity contribution in [3.8, 4) is 0 Å². The first-order chi connectivity index (χ1) is 14.5. The van der Waals surface area contributed by atoms with Crippen LogP contribution in [0.1, 0.15) is 122 Å². The van der Waals surface area contributed by atoms with Crippen molar-refractivity contribution in [2.75, 3.05) is 7.11 Å². The van der Waals surface area contributed by atoms with Gasteiger partial charge in [0.1, 0.15) is 6.04 Å². The van der Waals surface area contributed by atoms with Gasteiger partial charge in [-0.15, -0.1) is 0 Å². The Balaban J connectivity index is 0. The van der Waals surface area contributed by atoms with E-state index in [1.165, 1.54) is 84.2 Å². The predicted octanol–water partition coefficient (Wildman–Crippen LogP) is 4.95. The van der Waals surface area contributed by atoms with Gasteiger partial charge in [-0.1, -0.05) is 96.8 Å². The monoisotopic (exact) mass is 451 g/mol. The van der Waals surface area contributed by atoms with Gasteiger partial charge in [-0.3, -0.25) is 14.4 Å². The van der Waals surface area contributed by atoms with E-state index in [4.69, 9.17) is 10.5 Å². The number of ether oxygens (including phenoxy) is 2. The van der Waals surface area contributed by atoms with Crippen LogP contribution < -0.4 is 5.73 Å². The van der Waals surface area contributed by atoms with Crippen molar-refractivity contribution in [3.05, 3.63) is 0 Å². The number of esters is 3. The molecule has 6 nitrogen and oxygen atoms in total. The van der Waals surface area contributed by atoms with Gasteiger partial charge in [0.25, 0.3) is 0 Å². The number of carbonyl (C=O) groups is 3. The molecule has 0 amide bonds. The van der Waals surface area contributed by atoms with E-state index in [1.54, 1.807) is 0 Å². The molecular weight excluding hydrogens is 405 g/mol. The zero-order valence-electron chi connectivity index (χ0n) is 19.4. The third-order valence-electron chi connectivity index (χ3n) is 5.38. The van der Waals surface area contributed by atoms with Gasteiger partial charge in [0.15, 0.2) is 0 Å². The Morgan fingerprint density at radius 1 is 0.677 bits per heavy atom. The summed E-state index contributed by atoms with van der Waals surface area (Å²) in [5.41, 5.74) is 5.54. The summed E-state index contributed by atoms with van der Waals surface area (Å²) in [6.45, 7) is 2.26. The zero-order valence-corrected chi connectivity index (χ0v) is 19.4. The van der Waals surface area contributed by atoms with Crippen molar-refractivity contribution in [2.45, 2.75) is 129 Å². The second kappa shape index (κ2) is 24.2. The molecule has 1 atom stereocenters. The van der Waals surface area contributed by atoms with Gasteiger partial charge in [0, 0.05) is 12.8 Å². The van der Waals surface area contributed by atoms with Crippen molar-refractivity contribution < 1.29 is 23.9 Å². The average Bonchev–Trinajstić information content (AvgIpc) is 2.74. The van der Waals surface area contributed by atoms with Crippen LogP contribution >= 0.6 is 0 Å². The summed E-state index contributed by atoms with van der Waals surface area (Å²) in [6.07, 6.45) is 19.3. The number of hydrogen-bond donors (Lipinski definition) is 1. The molecule has 0 saturated carbocycles. The van der Waals surface area contributed by atoms with Crippen molar-refractivity contribution in [2.24, 2.45) is 5.73 Å². The quantitative estimate of drug-likeness (QED) is 0.122. The second-order valence-electron chi connectivity index (χ2n) is 8.21. The van der Waals surface area contributed by atoms with Crippen LogP contribution in [-0.4, -0.2) is 60.6 Å². The Labute approximate surface area is 212 Å². The Morgan fingerprint density at radius 2 is 1.06 bits per heavy atom. The molecule has 0 aromatic carbocycles. The normalized spacial score (nSPS) is 11.5. The van der Waals surface area contributed by atoms with Gasteiger partial charge in [-0.25, -0.2) is 0 Å². The van der Waals surface area contributed by atoms with Crippen LogP contribution in [0, 0.1) is 0 Å². The summed E-state index contributed by atoms with van der Waals surface area (Å²) < 4.78 is 9.23. The predicted molar refractivity (Wildman–Crippen MR) is 127 cm³/mol. The Hall–Kier alpha value is -0.430. The van der Waals surface area contributed by atoms with E-state index in [1.807, 2.05) is 0 Å². The molecule has 0 aromatic rings. The minimum absolute atomic E-state index is 0. The molecule has 0 rings (SSSR count). The molecular formula is C24H46NNaO5. The molecule has 0 bridgehead atoms. The van der Waals surface area contributed by atoms with E-state index in [2.05, 4.69) is 11.7 Å². The third kappa shape index (κ3) is 22.6. The molecule has 1 unspecified atom stereocenters. The van der Waals surface area contributed by atoms with E-state index in [9.17, 15) is 14.4 Å². The molecule has 0 heterocycles. The van der Waals surface area contributed by atoms with Crippen LogP contribution in [0.5, 0.6) is 0 Å². The molecule has 0 aliphatic carbocycles. The van der Waals surface area contributed by atoms with Crippen LogP contribution in [0.3, 0.4) is 0 Å². The first-order valence-electron chi connectivity index (χ1n) is 12.1. The van der Waals surface area contributed by atoms with Gasteiger partial charge >= 0.3 is 47.5 Å². The zero-order chi connectivity index (χ0) is 22.5. The fourth-order valence-corrected chi connectivity index (χ4v) is 3.41. The molecule has 2 N–H and O–H groups in total. The molecule has 0 aliphatic rings. The average molecular weight is 452 g/mol. The third-order valence-corrected chi connectivity index (χ3v) is 5.38. The number of nitrogens with two attached hydrogens (primary N) is 1. The molecule has 0 fully saturated rings. The summed E-state index contributed by atoms with van der Waals surface area (Å²) in [5, 5.41) is 0. The molecule has 0 radical (unpaired) electrons. The fourth-order valence-electron chi connectivity index (χ4n) is 3.41. The molecule has 0 saturated heterocycles. The number of unbranched alkanes of at least 4 members (excludes halogenated alkanes) is 14. The molecule has 0 aromatic heterocycles. The van der Waals surface area contributed by atoms with Crippen LogP contribution in [0.4, 0.5) is 0 Å². The maximum absolute atomic E-state index is 11.7. The summed E-state index contributed by atoms with van der Waals surface area (Å²) in [7, 11) is 1.24. The minimum atomic E-state index is -0.867. The Kier molecular flexibility index (Phi) is 25.6. The Morgan fingerprint density at radius 3 is 1.48 bits per heavy atom. The maximum atomic E-state index is 11.7. The van der Waals surface area contributed by atoms with E-state index >= 15 is 0 Å². The standard InChI is InChI=1S/C24H45NO5.Na.H/c1-3-4-5-6-7-8-9-10-11-12-13-14-15-16-17-18-22(26)30-23(27)20-19-21(25)24(28)29-2;;/h21H,3-20,25H2,1-2H3;;. The molecule has 7 heteroatoms. The molecule has 178 valence electrons. The van der Waals surface area contributed by atoms with Gasteiger partial charge in [0.05, 0.1) is 7.11 Å². The number of rotatable bonds is 20. The van der Waals surface area contributed by atoms with Gasteiger partial charge in [-0.05, 0) is 12.8 Å². The molecule has 0 spiro atoms. The second-order valence-corrected chi connectivity index (χ2v) is 8.21. The van der Waals surface area contributed by atoms with Crippen LogP contribution in [0.25, 0.3) is 0 Å². The van der Waals surface area contributed by atoms with Crippen molar-refractivity contribution in [3.63, 3.8) is 0 Å². The van der Waals surface area contributed by atoms with Crippen molar-refractivity contribution in [1.82, 2.24) is 0 Å². The molecule has 31 heavy (non-hydrogen) atoms. The van der Waals surface area contributed by atoms with Crippen LogP contribution in [0.2, 0.25) is 0 Å². The van der Waals surface area contributed by atoms with E-state index in [0.717, 1.165) is 19.3 Å². The first kappa shape index (κ1) is 32.7. The molecule has 0 aliphatic heterocycles. The topological polar surface area (TPSA) is 95.7 Å². The summed E-state index contributed by atoms with van der Waals surface area (Å²) in [4.78, 5) is 34.4. The summed E-state index contributed by atoms with van der Waals surface area (Å²) >= 11 is 0. The Bertz CT molecular complexity index is 459. The first-order valence-corrected chi connectivity index (χ1v) is 12.1. The van der Waals surface area contributed by atoms with Crippen molar-refractivity contribution >= 4 is 47.5 Å². The fraction of sp³-hybridized carbons (Fsp3) is 0.875.